The second kappa shape index (κ2) is 7.51. The molecule has 0 radical (unpaired) electrons. The molecule has 5 heteroatoms. The zero-order valence-electron chi connectivity index (χ0n) is 15.3. The molecule has 0 amide bonds. The molecule has 2 aliphatic heterocycles. The Kier molecular flexibility index (Phi) is 5.33. The van der Waals surface area contributed by atoms with Gasteiger partial charge in [0.15, 0.2) is 0 Å². The van der Waals surface area contributed by atoms with E-state index in [2.05, 4.69) is 28.7 Å². The number of fused-ring (bicyclic) bond motifs is 2. The van der Waals surface area contributed by atoms with E-state index in [4.69, 9.17) is 4.74 Å². The van der Waals surface area contributed by atoms with Crippen LogP contribution in [0.4, 0.5) is 0 Å². The number of aliphatic imine (C=N–C) groups is 1. The molecule has 3 unspecified atom stereocenters. The van der Waals surface area contributed by atoms with Crippen molar-refractivity contribution in [2.24, 2.45) is 10.9 Å². The second-order valence-corrected chi connectivity index (χ2v) is 7.53. The lowest BCUT2D eigenvalue weighted by Crippen LogP contribution is -2.15. The fraction of sp³-hybridized carbons (Fsp3) is 0.381. The third-order valence-electron chi connectivity index (χ3n) is 4.72. The van der Waals surface area contributed by atoms with Gasteiger partial charge in [0, 0.05) is 30.9 Å². The van der Waals surface area contributed by atoms with Gasteiger partial charge in [0.1, 0.15) is 11.9 Å². The lowest BCUT2D eigenvalue weighted by Gasteiger charge is -2.13. The van der Waals surface area contributed by atoms with E-state index in [1.165, 1.54) is 0 Å². The first-order chi connectivity index (χ1) is 12.6. The Morgan fingerprint density at radius 1 is 1.31 bits per heavy atom. The molecule has 0 aromatic carbocycles. The largest absolute Gasteiger partial charge is 0.487 e. The maximum Gasteiger partial charge on any atom is 0.141 e. The van der Waals surface area contributed by atoms with Gasteiger partial charge >= 0.3 is 0 Å². The number of ether oxygens (including phenoxy) is 1. The summed E-state index contributed by atoms with van der Waals surface area (Å²) in [4.78, 5) is 8.67. The molecular weight excluding hydrogens is 342 g/mol. The number of allylic oxidation sites excluding steroid dienone is 2. The average molecular weight is 366 g/mol. The smallest absolute Gasteiger partial charge is 0.141 e. The van der Waals surface area contributed by atoms with Gasteiger partial charge in [-0.15, -0.1) is 0 Å². The molecule has 0 N–H and O–H groups in total. The molecule has 3 heterocycles. The van der Waals surface area contributed by atoms with Crippen LogP contribution < -0.4 is 0 Å². The highest BCUT2D eigenvalue weighted by Crippen LogP contribution is 2.48. The van der Waals surface area contributed by atoms with Crippen molar-refractivity contribution in [3.05, 3.63) is 59.3 Å². The van der Waals surface area contributed by atoms with Crippen LogP contribution >= 0.6 is 12.6 Å². The number of nitrogens with zero attached hydrogens (tertiary/aromatic N) is 3. The Hall–Kier alpha value is -2.32. The van der Waals surface area contributed by atoms with Gasteiger partial charge in [-0.05, 0) is 42.7 Å². The minimum absolute atomic E-state index is 0.0706. The van der Waals surface area contributed by atoms with Gasteiger partial charge in [-0.25, -0.2) is 0 Å². The van der Waals surface area contributed by atoms with Crippen molar-refractivity contribution in [1.82, 2.24) is 4.98 Å². The predicted molar refractivity (Wildman–Crippen MR) is 108 cm³/mol. The van der Waals surface area contributed by atoms with E-state index in [0.717, 1.165) is 41.0 Å². The molecule has 0 bridgehead atoms. The molecule has 3 aliphatic rings. The third-order valence-corrected chi connectivity index (χ3v) is 4.98. The van der Waals surface area contributed by atoms with Crippen molar-refractivity contribution in [2.75, 3.05) is 0 Å². The molecule has 4 nitrogen and oxygen atoms in total. The normalized spacial score (nSPS) is 30.4. The molecular formula is C21H23N3OS. The van der Waals surface area contributed by atoms with Crippen molar-refractivity contribution >= 4 is 24.4 Å². The summed E-state index contributed by atoms with van der Waals surface area (Å²) in [5.41, 5.74) is 3.78. The van der Waals surface area contributed by atoms with Crippen LogP contribution in [0.15, 0.2) is 58.7 Å². The summed E-state index contributed by atoms with van der Waals surface area (Å²) in [6.45, 7) is 5.99. The number of hydrogen-bond donors (Lipinski definition) is 1. The van der Waals surface area contributed by atoms with E-state index in [1.54, 1.807) is 12.4 Å². The van der Waals surface area contributed by atoms with Crippen LogP contribution in [0.25, 0.3) is 5.57 Å². The Morgan fingerprint density at radius 3 is 2.73 bits per heavy atom. The van der Waals surface area contributed by atoms with E-state index < -0.39 is 0 Å². The number of aromatic nitrogens is 1. The molecule has 1 aromatic heterocycles. The second-order valence-electron chi connectivity index (χ2n) is 6.56. The van der Waals surface area contributed by atoms with Crippen LogP contribution in [0, 0.1) is 17.2 Å². The summed E-state index contributed by atoms with van der Waals surface area (Å²) in [7, 11) is 0. The van der Waals surface area contributed by atoms with E-state index in [-0.39, 0.29) is 16.8 Å². The van der Waals surface area contributed by atoms with Gasteiger partial charge in [-0.2, -0.15) is 17.9 Å². The van der Waals surface area contributed by atoms with Gasteiger partial charge in [0.05, 0.1) is 22.1 Å². The fourth-order valence-electron chi connectivity index (χ4n) is 3.51. The summed E-state index contributed by atoms with van der Waals surface area (Å²) in [6.07, 6.45) is 10.9. The van der Waals surface area contributed by atoms with Gasteiger partial charge in [-0.1, -0.05) is 19.9 Å². The number of nitriles is 1. The van der Waals surface area contributed by atoms with Gasteiger partial charge in [-0.3, -0.25) is 9.98 Å². The molecule has 3 atom stereocenters. The van der Waals surface area contributed by atoms with E-state index >= 15 is 0 Å². The number of rotatable bonds is 1. The number of hydrogen-bond acceptors (Lipinski definition) is 5. The lowest BCUT2D eigenvalue weighted by atomic mass is 9.98. The minimum atomic E-state index is -0.366. The van der Waals surface area contributed by atoms with Crippen LogP contribution in [-0.4, -0.2) is 22.0 Å². The molecule has 1 aliphatic carbocycles. The minimum Gasteiger partial charge on any atom is -0.487 e. The van der Waals surface area contributed by atoms with Crippen LogP contribution in [0.3, 0.4) is 0 Å². The van der Waals surface area contributed by atoms with Gasteiger partial charge in [0.25, 0.3) is 0 Å². The molecule has 4 rings (SSSR count). The summed E-state index contributed by atoms with van der Waals surface area (Å²) in [5, 5.41) is 9.62. The molecule has 1 saturated carbocycles. The highest BCUT2D eigenvalue weighted by Gasteiger charge is 2.43. The Balaban J connectivity index is 0.000000948. The lowest BCUT2D eigenvalue weighted by molar-refractivity contribution is 0.138. The summed E-state index contributed by atoms with van der Waals surface area (Å²) in [6, 6.07) is 6.12. The number of thiol groups is 1. The zero-order chi connectivity index (χ0) is 18.7. The summed E-state index contributed by atoms with van der Waals surface area (Å²) < 4.78 is 5.75. The molecule has 0 spiro atoms. The van der Waals surface area contributed by atoms with E-state index in [0.29, 0.717) is 0 Å². The van der Waals surface area contributed by atoms with Crippen molar-refractivity contribution in [1.29, 1.82) is 5.26 Å². The number of pyridine rings is 1. The molecule has 1 aromatic rings. The Labute approximate surface area is 160 Å². The van der Waals surface area contributed by atoms with Crippen molar-refractivity contribution in [2.45, 2.75) is 44.5 Å². The SMILES string of the molecule is CC.CC1(S)C=CC2=C(N=C1)C1C/C(=C(\C#N)c3ccncc3)CC1O2. The highest BCUT2D eigenvalue weighted by atomic mass is 32.1. The monoisotopic (exact) mass is 365 g/mol. The Bertz CT molecular complexity index is 844. The molecule has 0 saturated heterocycles. The first-order valence-electron chi connectivity index (χ1n) is 8.97. The molecule has 1 fully saturated rings. The standard InChI is InChI=1S/C19H17N3OS.C2H6/c1-19(24)5-2-16-18(22-11-19)14-8-13(9-17(14)23-16)15(10-20)12-3-6-21-7-4-12;1-2/h2-7,11,14,17,24H,8-9H2,1H3;1-2H3/b15-13-;. The van der Waals surface area contributed by atoms with Crippen LogP contribution in [0.2, 0.25) is 0 Å². The van der Waals surface area contributed by atoms with E-state index in [9.17, 15) is 5.26 Å². The summed E-state index contributed by atoms with van der Waals surface area (Å²) >= 11 is 4.56. The highest BCUT2D eigenvalue weighted by molar-refractivity contribution is 7.82. The average Bonchev–Trinajstić information content (AvgIpc) is 3.15. The zero-order valence-corrected chi connectivity index (χ0v) is 16.2. The maximum absolute atomic E-state index is 9.62. The van der Waals surface area contributed by atoms with Crippen molar-refractivity contribution < 1.29 is 4.74 Å². The fourth-order valence-corrected chi connectivity index (χ4v) is 3.64. The van der Waals surface area contributed by atoms with Crippen LogP contribution in [-0.2, 0) is 4.74 Å². The first-order valence-corrected chi connectivity index (χ1v) is 9.42. The summed E-state index contributed by atoms with van der Waals surface area (Å²) in [5.74, 6) is 1.06. The molecule has 26 heavy (non-hydrogen) atoms. The van der Waals surface area contributed by atoms with Crippen LogP contribution in [0.5, 0.6) is 0 Å². The van der Waals surface area contributed by atoms with Gasteiger partial charge < -0.3 is 4.74 Å². The van der Waals surface area contributed by atoms with Gasteiger partial charge in [0.2, 0.25) is 0 Å². The molecule has 134 valence electrons. The predicted octanol–water partition coefficient (Wildman–Crippen LogP) is 4.73. The van der Waals surface area contributed by atoms with Crippen LogP contribution in [0.1, 0.15) is 39.2 Å². The maximum atomic E-state index is 9.62. The van der Waals surface area contributed by atoms with Crippen molar-refractivity contribution in [3.8, 4) is 6.07 Å². The topological polar surface area (TPSA) is 58.3 Å². The first kappa shape index (κ1) is 18.5. The van der Waals surface area contributed by atoms with Crippen molar-refractivity contribution in [3.63, 3.8) is 0 Å². The quantitative estimate of drug-likeness (QED) is 0.578. The van der Waals surface area contributed by atoms with E-state index in [1.807, 2.05) is 51.3 Å². The Morgan fingerprint density at radius 2 is 2.04 bits per heavy atom. The third kappa shape index (κ3) is 3.47.